The van der Waals surface area contributed by atoms with E-state index in [0.717, 1.165) is 23.4 Å². The second kappa shape index (κ2) is 11.6. The van der Waals surface area contributed by atoms with E-state index < -0.39 is 0 Å². The van der Waals surface area contributed by atoms with Crippen molar-refractivity contribution in [1.29, 1.82) is 0 Å². The van der Waals surface area contributed by atoms with Gasteiger partial charge in [0.25, 0.3) is 11.8 Å². The molecule has 4 aromatic rings. The quantitative estimate of drug-likeness (QED) is 0.232. The summed E-state index contributed by atoms with van der Waals surface area (Å²) < 4.78 is 0. The molecule has 6 nitrogen and oxygen atoms in total. The molecule has 0 spiro atoms. The van der Waals surface area contributed by atoms with Gasteiger partial charge in [-0.05, 0) is 73.3 Å². The molecule has 7 heteroatoms. The Morgan fingerprint density at radius 1 is 0.846 bits per heavy atom. The summed E-state index contributed by atoms with van der Waals surface area (Å²) in [7, 11) is 4.07. The number of carbonyl (C=O) groups excluding carboxylic acids is 2. The first-order chi connectivity index (χ1) is 18.9. The Kier molecular flexibility index (Phi) is 7.77. The van der Waals surface area contributed by atoms with Gasteiger partial charge in [0.2, 0.25) is 0 Å². The van der Waals surface area contributed by atoms with Crippen LogP contribution in [0.2, 0.25) is 5.02 Å². The number of nitrogens with zero attached hydrogens (tertiary/aromatic N) is 1. The number of halogens is 1. The molecule has 0 atom stereocenters. The number of carbonyl (C=O) groups is 2. The van der Waals surface area contributed by atoms with Gasteiger partial charge in [-0.1, -0.05) is 66.2 Å². The number of hydrogen-bond donors (Lipinski definition) is 3. The van der Waals surface area contributed by atoms with E-state index in [1.165, 1.54) is 5.56 Å². The molecule has 0 bridgehead atoms. The maximum atomic E-state index is 13.3. The van der Waals surface area contributed by atoms with E-state index >= 15 is 0 Å². The Bertz CT molecular complexity index is 1550. The van der Waals surface area contributed by atoms with Crippen LogP contribution < -0.4 is 16.0 Å². The lowest BCUT2D eigenvalue weighted by Gasteiger charge is -2.16. The van der Waals surface area contributed by atoms with Gasteiger partial charge in [0.05, 0.1) is 11.3 Å². The van der Waals surface area contributed by atoms with Crippen LogP contribution in [0.25, 0.3) is 11.3 Å². The van der Waals surface area contributed by atoms with Crippen molar-refractivity contribution < 1.29 is 9.59 Å². The molecule has 4 aromatic carbocycles. The second-order valence-electron chi connectivity index (χ2n) is 9.70. The smallest absolute Gasteiger partial charge is 0.258 e. The third-order valence-corrected chi connectivity index (χ3v) is 6.64. The number of rotatable bonds is 8. The lowest BCUT2D eigenvalue weighted by Crippen LogP contribution is -2.22. The molecule has 39 heavy (non-hydrogen) atoms. The van der Waals surface area contributed by atoms with Crippen molar-refractivity contribution in [3.05, 3.63) is 130 Å². The Labute approximate surface area is 233 Å². The molecule has 2 amide bonds. The maximum absolute atomic E-state index is 13.3. The van der Waals surface area contributed by atoms with E-state index in [0.29, 0.717) is 39.7 Å². The zero-order chi connectivity index (χ0) is 27.4. The molecular weight excluding hydrogens is 508 g/mol. The molecular formula is C32H29ClN4O2. The highest BCUT2D eigenvalue weighted by atomic mass is 35.5. The van der Waals surface area contributed by atoms with Crippen LogP contribution in [0.1, 0.15) is 32.6 Å². The lowest BCUT2D eigenvalue weighted by atomic mass is 9.98. The van der Waals surface area contributed by atoms with Crippen LogP contribution >= 0.6 is 11.6 Å². The predicted molar refractivity (Wildman–Crippen MR) is 158 cm³/mol. The van der Waals surface area contributed by atoms with Crippen LogP contribution in [0.4, 0.5) is 11.4 Å². The van der Waals surface area contributed by atoms with Gasteiger partial charge in [0.1, 0.15) is 0 Å². The number of benzene rings is 4. The summed E-state index contributed by atoms with van der Waals surface area (Å²) >= 11 is 6.07. The fourth-order valence-corrected chi connectivity index (χ4v) is 4.79. The Hall–Kier alpha value is -4.39. The Morgan fingerprint density at radius 2 is 1.62 bits per heavy atom. The molecule has 0 saturated heterocycles. The first-order valence-corrected chi connectivity index (χ1v) is 13.0. The number of anilines is 2. The van der Waals surface area contributed by atoms with Gasteiger partial charge >= 0.3 is 0 Å². The zero-order valence-electron chi connectivity index (χ0n) is 21.8. The third kappa shape index (κ3) is 6.20. The summed E-state index contributed by atoms with van der Waals surface area (Å²) in [6.45, 7) is 1.18. The normalized spacial score (nSPS) is 13.6. The fourth-order valence-electron chi connectivity index (χ4n) is 4.57. The second-order valence-corrected chi connectivity index (χ2v) is 10.1. The third-order valence-electron chi connectivity index (χ3n) is 6.40. The van der Waals surface area contributed by atoms with Crippen molar-refractivity contribution in [1.82, 2.24) is 10.2 Å². The van der Waals surface area contributed by atoms with Gasteiger partial charge < -0.3 is 20.9 Å². The van der Waals surface area contributed by atoms with E-state index in [-0.39, 0.29) is 11.8 Å². The summed E-state index contributed by atoms with van der Waals surface area (Å²) in [5.41, 5.74) is 6.78. The van der Waals surface area contributed by atoms with Crippen molar-refractivity contribution in [2.45, 2.75) is 13.1 Å². The maximum Gasteiger partial charge on any atom is 0.258 e. The zero-order valence-corrected chi connectivity index (χ0v) is 22.5. The van der Waals surface area contributed by atoms with Crippen LogP contribution in [0.15, 0.2) is 97.1 Å². The average molecular weight is 537 g/mol. The molecule has 3 N–H and O–H groups in total. The molecule has 0 fully saturated rings. The molecule has 1 heterocycles. The van der Waals surface area contributed by atoms with Gasteiger partial charge in [0.15, 0.2) is 0 Å². The minimum atomic E-state index is -0.234. The van der Waals surface area contributed by atoms with Gasteiger partial charge in [0, 0.05) is 40.6 Å². The molecule has 0 aliphatic carbocycles. The molecule has 0 radical (unpaired) electrons. The molecule has 0 saturated carbocycles. The molecule has 1 aliphatic heterocycles. The SMILES string of the molecule is CN(C)Cc1ccc(N/C(=C2\C(=O)Nc3ccc(C(=O)NCc4cccc(Cl)c4)cc32)c2ccccc2)cc1. The van der Waals surface area contributed by atoms with Crippen LogP contribution in [0.5, 0.6) is 0 Å². The number of nitrogens with one attached hydrogen (secondary N) is 3. The van der Waals surface area contributed by atoms with Gasteiger partial charge in [-0.2, -0.15) is 0 Å². The highest BCUT2D eigenvalue weighted by Crippen LogP contribution is 2.38. The Balaban J connectivity index is 1.49. The summed E-state index contributed by atoms with van der Waals surface area (Å²) in [6, 6.07) is 30.5. The first-order valence-electron chi connectivity index (χ1n) is 12.7. The molecule has 1 aliphatic rings. The minimum Gasteiger partial charge on any atom is -0.354 e. The van der Waals surface area contributed by atoms with E-state index in [9.17, 15) is 9.59 Å². The monoisotopic (exact) mass is 536 g/mol. The fraction of sp³-hybridized carbons (Fsp3) is 0.125. The van der Waals surface area contributed by atoms with Gasteiger partial charge in [-0.3, -0.25) is 9.59 Å². The van der Waals surface area contributed by atoms with Crippen molar-refractivity contribution in [3.8, 4) is 0 Å². The highest BCUT2D eigenvalue weighted by Gasteiger charge is 2.29. The van der Waals surface area contributed by atoms with Gasteiger partial charge in [-0.25, -0.2) is 0 Å². The molecule has 5 rings (SSSR count). The largest absolute Gasteiger partial charge is 0.354 e. The average Bonchev–Trinajstić information content (AvgIpc) is 3.26. The number of amides is 2. The van der Waals surface area contributed by atoms with Crippen molar-refractivity contribution in [3.63, 3.8) is 0 Å². The number of fused-ring (bicyclic) bond motifs is 1. The van der Waals surface area contributed by atoms with Gasteiger partial charge in [-0.15, -0.1) is 0 Å². The van der Waals surface area contributed by atoms with E-state index in [2.05, 4.69) is 33.0 Å². The highest BCUT2D eigenvalue weighted by molar-refractivity contribution is 6.37. The molecule has 196 valence electrons. The predicted octanol–water partition coefficient (Wildman–Crippen LogP) is 6.26. The van der Waals surface area contributed by atoms with E-state index in [1.807, 2.05) is 74.8 Å². The summed E-state index contributed by atoms with van der Waals surface area (Å²) in [5.74, 6) is -0.459. The molecule has 0 unspecified atom stereocenters. The number of hydrogen-bond acceptors (Lipinski definition) is 4. The summed E-state index contributed by atoms with van der Waals surface area (Å²) in [4.78, 5) is 28.5. The molecule has 0 aromatic heterocycles. The topological polar surface area (TPSA) is 73.5 Å². The lowest BCUT2D eigenvalue weighted by molar-refractivity contribution is -0.110. The summed E-state index contributed by atoms with van der Waals surface area (Å²) in [6.07, 6.45) is 0. The van der Waals surface area contributed by atoms with Crippen LogP contribution in [-0.4, -0.2) is 30.8 Å². The first kappa shape index (κ1) is 26.2. The van der Waals surface area contributed by atoms with E-state index in [4.69, 9.17) is 11.6 Å². The van der Waals surface area contributed by atoms with Crippen LogP contribution in [0, 0.1) is 0 Å². The Morgan fingerprint density at radius 3 is 2.33 bits per heavy atom. The minimum absolute atomic E-state index is 0.225. The van der Waals surface area contributed by atoms with Crippen molar-refractivity contribution in [2.24, 2.45) is 0 Å². The van der Waals surface area contributed by atoms with Crippen LogP contribution in [0.3, 0.4) is 0 Å². The van der Waals surface area contributed by atoms with Crippen LogP contribution in [-0.2, 0) is 17.9 Å². The summed E-state index contributed by atoms with van der Waals surface area (Å²) in [5, 5.41) is 10.00. The van der Waals surface area contributed by atoms with Crippen molar-refractivity contribution >= 4 is 46.1 Å². The standard InChI is InChI=1S/C32H29ClN4O2/c1-37(2)20-21-11-14-26(15-12-21)35-30(23-8-4-3-5-9-23)29-27-18-24(13-16-28(27)36-32(29)39)31(38)34-19-22-7-6-10-25(33)17-22/h3-18,35H,19-20H2,1-2H3,(H,34,38)(H,36,39)/b30-29-. The van der Waals surface area contributed by atoms with Crippen molar-refractivity contribution in [2.75, 3.05) is 24.7 Å². The van der Waals surface area contributed by atoms with E-state index in [1.54, 1.807) is 24.3 Å².